The summed E-state index contributed by atoms with van der Waals surface area (Å²) in [6.07, 6.45) is 10.5. The summed E-state index contributed by atoms with van der Waals surface area (Å²) < 4.78 is 11.7. The molecule has 3 heterocycles. The number of carbonyl (C=O) groups is 1. The molecule has 31 heavy (non-hydrogen) atoms. The maximum absolute atomic E-state index is 13.0. The molecule has 0 unspecified atom stereocenters. The van der Waals surface area contributed by atoms with Crippen molar-refractivity contribution in [2.75, 3.05) is 20.6 Å². The van der Waals surface area contributed by atoms with Gasteiger partial charge in [-0.15, -0.1) is 0 Å². The van der Waals surface area contributed by atoms with Gasteiger partial charge in [0.15, 0.2) is 11.5 Å². The van der Waals surface area contributed by atoms with E-state index in [0.29, 0.717) is 17.7 Å². The van der Waals surface area contributed by atoms with Crippen LogP contribution in [0, 0.1) is 5.92 Å². The Hall–Kier alpha value is -2.73. The fourth-order valence-electron chi connectivity index (χ4n) is 6.93. The molecule has 2 aliphatic carbocycles. The molecule has 6 heteroatoms. The standard InChI is InChI=1S/C25H28N2O4/c1-26-11-10-25-17-5-6-18(27(2)21(29)8-3-15-9-12-30-14-15)24(25)31-23-20(28)7-4-16(22(23)25)13-19(17)26/h3-4,7-9,12,14,17-19,24,28H,5-6,10-11,13H2,1-2H3/b8-3+/t17-,18+,19+,24-,25-/m0/s1. The molecule has 2 aromatic rings. The highest BCUT2D eigenvalue weighted by Gasteiger charge is 2.66. The first-order chi connectivity index (χ1) is 15.0. The van der Waals surface area contributed by atoms with Crippen molar-refractivity contribution < 1.29 is 19.1 Å². The number of likely N-dealkylation sites (N-methyl/N-ethyl adjacent to an activating group) is 2. The van der Waals surface area contributed by atoms with Crippen LogP contribution >= 0.6 is 0 Å². The van der Waals surface area contributed by atoms with E-state index in [1.165, 1.54) is 11.1 Å². The average Bonchev–Trinajstić information content (AvgIpc) is 3.41. The highest BCUT2D eigenvalue weighted by Crippen LogP contribution is 2.64. The number of carbonyl (C=O) groups excluding carboxylic acids is 1. The number of nitrogens with zero attached hydrogens (tertiary/aromatic N) is 2. The molecule has 1 N–H and O–H groups in total. The lowest BCUT2D eigenvalue weighted by atomic mass is 9.51. The molecule has 1 amide bonds. The summed E-state index contributed by atoms with van der Waals surface area (Å²) in [5.74, 6) is 1.35. The van der Waals surface area contributed by atoms with Gasteiger partial charge in [-0.2, -0.15) is 0 Å². The third-order valence-electron chi connectivity index (χ3n) is 8.37. The average molecular weight is 421 g/mol. The minimum atomic E-state index is -0.124. The Morgan fingerprint density at radius 1 is 1.32 bits per heavy atom. The van der Waals surface area contributed by atoms with E-state index in [1.807, 2.05) is 18.0 Å². The highest BCUT2D eigenvalue weighted by molar-refractivity contribution is 5.91. The highest BCUT2D eigenvalue weighted by atomic mass is 16.5. The molecule has 162 valence electrons. The summed E-state index contributed by atoms with van der Waals surface area (Å²) >= 11 is 0. The monoisotopic (exact) mass is 420 g/mol. The van der Waals surface area contributed by atoms with Crippen LogP contribution < -0.4 is 4.74 Å². The molecule has 4 aliphatic rings. The third kappa shape index (κ3) is 2.51. The lowest BCUT2D eigenvalue weighted by molar-refractivity contribution is -0.134. The normalized spacial score (nSPS) is 33.2. The molecule has 5 atom stereocenters. The van der Waals surface area contributed by atoms with E-state index in [0.717, 1.165) is 37.8 Å². The van der Waals surface area contributed by atoms with Gasteiger partial charge in [0.05, 0.1) is 18.6 Å². The fraction of sp³-hybridized carbons (Fsp3) is 0.480. The Labute approximate surface area is 182 Å². The van der Waals surface area contributed by atoms with Crippen molar-refractivity contribution in [1.82, 2.24) is 9.80 Å². The number of benzene rings is 1. The van der Waals surface area contributed by atoms with E-state index in [-0.39, 0.29) is 29.2 Å². The molecule has 2 fully saturated rings. The second-order valence-electron chi connectivity index (χ2n) is 9.62. The number of amides is 1. The zero-order valence-corrected chi connectivity index (χ0v) is 18.0. The first-order valence-electron chi connectivity index (χ1n) is 11.2. The lowest BCUT2D eigenvalue weighted by Gasteiger charge is -2.59. The van der Waals surface area contributed by atoms with Gasteiger partial charge >= 0.3 is 0 Å². The zero-order chi connectivity index (χ0) is 21.3. The van der Waals surface area contributed by atoms with Crippen molar-refractivity contribution in [3.8, 4) is 11.5 Å². The quantitative estimate of drug-likeness (QED) is 0.773. The van der Waals surface area contributed by atoms with Crippen LogP contribution in [0.3, 0.4) is 0 Å². The predicted molar refractivity (Wildman–Crippen MR) is 116 cm³/mol. The second kappa shape index (κ2) is 6.63. The minimum Gasteiger partial charge on any atom is -0.504 e. The van der Waals surface area contributed by atoms with Gasteiger partial charge in [-0.25, -0.2) is 0 Å². The maximum atomic E-state index is 13.0. The van der Waals surface area contributed by atoms with Gasteiger partial charge in [-0.3, -0.25) is 4.79 Å². The lowest BCUT2D eigenvalue weighted by Crippen LogP contribution is -2.68. The molecular weight excluding hydrogens is 392 g/mol. The van der Waals surface area contributed by atoms with E-state index in [4.69, 9.17) is 9.15 Å². The summed E-state index contributed by atoms with van der Waals surface area (Å²) in [6.45, 7) is 1.01. The van der Waals surface area contributed by atoms with Gasteiger partial charge in [0.25, 0.3) is 0 Å². The fourth-order valence-corrected chi connectivity index (χ4v) is 6.93. The third-order valence-corrected chi connectivity index (χ3v) is 8.37. The molecule has 6 rings (SSSR count). The second-order valence-corrected chi connectivity index (χ2v) is 9.62. The number of phenolic OH excluding ortho intramolecular Hbond substituents is 1. The summed E-state index contributed by atoms with van der Waals surface area (Å²) in [4.78, 5) is 17.4. The van der Waals surface area contributed by atoms with Crippen LogP contribution in [0.15, 0.2) is 41.2 Å². The molecule has 6 nitrogen and oxygen atoms in total. The smallest absolute Gasteiger partial charge is 0.246 e. The summed E-state index contributed by atoms with van der Waals surface area (Å²) in [5, 5.41) is 10.6. The van der Waals surface area contributed by atoms with E-state index < -0.39 is 0 Å². The Bertz CT molecular complexity index is 1060. The van der Waals surface area contributed by atoms with Gasteiger partial charge in [-0.05, 0) is 69.0 Å². The summed E-state index contributed by atoms with van der Waals surface area (Å²) in [6, 6.07) is 6.15. The number of hydrogen-bond acceptors (Lipinski definition) is 5. The minimum absolute atomic E-state index is 0.0282. The van der Waals surface area contributed by atoms with Gasteiger partial charge in [-0.1, -0.05) is 6.07 Å². The number of rotatable bonds is 3. The Morgan fingerprint density at radius 3 is 3.00 bits per heavy atom. The number of ether oxygens (including phenoxy) is 1. The van der Waals surface area contributed by atoms with Crippen LogP contribution in [-0.2, 0) is 16.6 Å². The maximum Gasteiger partial charge on any atom is 0.246 e. The molecule has 1 saturated heterocycles. The number of likely N-dealkylation sites (tertiary alicyclic amines) is 1. The van der Waals surface area contributed by atoms with Crippen molar-refractivity contribution in [1.29, 1.82) is 0 Å². The first-order valence-corrected chi connectivity index (χ1v) is 11.2. The molecule has 2 bridgehead atoms. The molecular formula is C25H28N2O4. The number of phenols is 1. The Kier molecular flexibility index (Phi) is 4.06. The molecule has 1 saturated carbocycles. The van der Waals surface area contributed by atoms with Crippen LogP contribution in [0.5, 0.6) is 11.5 Å². The molecule has 1 aromatic carbocycles. The molecule has 2 aliphatic heterocycles. The number of hydrogen-bond donors (Lipinski definition) is 1. The zero-order valence-electron chi connectivity index (χ0n) is 18.0. The van der Waals surface area contributed by atoms with Crippen LogP contribution in [0.25, 0.3) is 6.08 Å². The predicted octanol–water partition coefficient (Wildman–Crippen LogP) is 3.19. The summed E-state index contributed by atoms with van der Waals surface area (Å²) in [5.41, 5.74) is 3.28. The first kappa shape index (κ1) is 19.0. The van der Waals surface area contributed by atoms with Crippen molar-refractivity contribution in [3.63, 3.8) is 0 Å². The number of furan rings is 1. The van der Waals surface area contributed by atoms with Gasteiger partial charge < -0.3 is 24.1 Å². The van der Waals surface area contributed by atoms with E-state index in [2.05, 4.69) is 18.0 Å². The van der Waals surface area contributed by atoms with Crippen LogP contribution in [0.1, 0.15) is 36.0 Å². The van der Waals surface area contributed by atoms with Gasteiger partial charge in [0.2, 0.25) is 5.91 Å². The van der Waals surface area contributed by atoms with Crippen molar-refractivity contribution in [2.45, 2.75) is 49.3 Å². The van der Waals surface area contributed by atoms with Crippen LogP contribution in [-0.4, -0.2) is 59.6 Å². The Morgan fingerprint density at radius 2 is 2.19 bits per heavy atom. The molecule has 1 spiro atoms. The van der Waals surface area contributed by atoms with E-state index in [1.54, 1.807) is 30.7 Å². The van der Waals surface area contributed by atoms with Crippen LogP contribution in [0.2, 0.25) is 0 Å². The van der Waals surface area contributed by atoms with Crippen molar-refractivity contribution >= 4 is 12.0 Å². The summed E-state index contributed by atoms with van der Waals surface area (Å²) in [7, 11) is 4.11. The SMILES string of the molecule is CN1CC[C@]23c4c5ccc(O)c4O[C@H]2[C@H](N(C)C(=O)/C=C/c2ccoc2)CC[C@H]3[C@H]1C5. The topological polar surface area (TPSA) is 66.2 Å². The van der Waals surface area contributed by atoms with Gasteiger partial charge in [0.1, 0.15) is 6.10 Å². The molecule has 0 radical (unpaired) electrons. The number of piperidine rings is 1. The Balaban J connectivity index is 1.38. The van der Waals surface area contributed by atoms with Crippen molar-refractivity contribution in [3.05, 3.63) is 53.5 Å². The molecule has 1 aromatic heterocycles. The number of aromatic hydroxyl groups is 1. The van der Waals surface area contributed by atoms with Gasteiger partial charge in [0, 0.05) is 35.7 Å². The van der Waals surface area contributed by atoms with E-state index in [9.17, 15) is 9.90 Å². The van der Waals surface area contributed by atoms with E-state index >= 15 is 0 Å². The van der Waals surface area contributed by atoms with Crippen LogP contribution in [0.4, 0.5) is 0 Å². The van der Waals surface area contributed by atoms with Crippen molar-refractivity contribution in [2.24, 2.45) is 5.92 Å². The largest absolute Gasteiger partial charge is 0.504 e.